The second-order valence-electron chi connectivity index (χ2n) is 6.33. The predicted molar refractivity (Wildman–Crippen MR) is 95.1 cm³/mol. The fourth-order valence-electron chi connectivity index (χ4n) is 3.02. The summed E-state index contributed by atoms with van der Waals surface area (Å²) in [6.45, 7) is 3.58. The third-order valence-electron chi connectivity index (χ3n) is 4.40. The number of hydrogen-bond donors (Lipinski definition) is 0. The van der Waals surface area contributed by atoms with E-state index in [0.717, 1.165) is 31.6 Å². The highest BCUT2D eigenvalue weighted by molar-refractivity contribution is 5.91. The number of hydrogen-bond acceptors (Lipinski definition) is 3. The normalized spacial score (nSPS) is 16.3. The Morgan fingerprint density at radius 2 is 2.08 bits per heavy atom. The molecule has 2 aromatic rings. The van der Waals surface area contributed by atoms with Crippen molar-refractivity contribution in [1.29, 1.82) is 0 Å². The Balaban J connectivity index is 1.55. The van der Waals surface area contributed by atoms with Crippen LogP contribution in [0.5, 0.6) is 0 Å². The highest BCUT2D eigenvalue weighted by Crippen LogP contribution is 2.12. The van der Waals surface area contributed by atoms with Crippen molar-refractivity contribution in [3.05, 3.63) is 59.7 Å². The Hall–Kier alpha value is -2.47. The molecule has 5 nitrogen and oxygen atoms in total. The van der Waals surface area contributed by atoms with E-state index in [2.05, 4.69) is 10.00 Å². The van der Waals surface area contributed by atoms with Gasteiger partial charge < -0.3 is 4.90 Å². The molecule has 0 radical (unpaired) electrons. The zero-order chi connectivity index (χ0) is 17.6. The SMILES string of the molecule is Cn1cc(C=CC(=O)N2CCCN(Cc3ccccc3F)CC2)cn1. The van der Waals surface area contributed by atoms with Crippen LogP contribution in [0, 0.1) is 5.82 Å². The van der Waals surface area contributed by atoms with Crippen LogP contribution in [-0.2, 0) is 18.4 Å². The van der Waals surface area contributed by atoms with Gasteiger partial charge in [-0.2, -0.15) is 5.10 Å². The summed E-state index contributed by atoms with van der Waals surface area (Å²) in [5.74, 6) is -0.157. The number of nitrogens with zero attached hydrogens (tertiary/aromatic N) is 4. The molecule has 0 aliphatic carbocycles. The number of rotatable bonds is 4. The van der Waals surface area contributed by atoms with Crippen LogP contribution in [-0.4, -0.2) is 51.7 Å². The van der Waals surface area contributed by atoms with Gasteiger partial charge in [0.2, 0.25) is 5.91 Å². The molecule has 6 heteroatoms. The number of amides is 1. The molecule has 0 spiro atoms. The lowest BCUT2D eigenvalue weighted by molar-refractivity contribution is -0.125. The first-order chi connectivity index (χ1) is 12.1. The molecule has 0 N–H and O–H groups in total. The molecule has 1 aromatic heterocycles. The van der Waals surface area contributed by atoms with Crippen LogP contribution in [0.3, 0.4) is 0 Å². The smallest absolute Gasteiger partial charge is 0.246 e. The first kappa shape index (κ1) is 17.4. The summed E-state index contributed by atoms with van der Waals surface area (Å²) >= 11 is 0. The van der Waals surface area contributed by atoms with Crippen molar-refractivity contribution >= 4 is 12.0 Å². The van der Waals surface area contributed by atoms with Crippen LogP contribution in [0.1, 0.15) is 17.5 Å². The van der Waals surface area contributed by atoms with Gasteiger partial charge in [0.15, 0.2) is 0 Å². The van der Waals surface area contributed by atoms with Gasteiger partial charge in [0.25, 0.3) is 0 Å². The van der Waals surface area contributed by atoms with Gasteiger partial charge in [-0.15, -0.1) is 0 Å². The Labute approximate surface area is 147 Å². The maximum absolute atomic E-state index is 13.8. The molecule has 0 atom stereocenters. The standard InChI is InChI=1S/C19H23FN4O/c1-22-14-16(13-21-22)7-8-19(25)24-10-4-9-23(11-12-24)15-17-5-2-3-6-18(17)20/h2-3,5-8,13-14H,4,9-12,15H2,1H3. The van der Waals surface area contributed by atoms with Gasteiger partial charge in [0.05, 0.1) is 6.20 Å². The molecule has 2 heterocycles. The van der Waals surface area contributed by atoms with Crippen LogP contribution in [0.4, 0.5) is 4.39 Å². The van der Waals surface area contributed by atoms with Gasteiger partial charge in [-0.3, -0.25) is 14.4 Å². The minimum Gasteiger partial charge on any atom is -0.338 e. The summed E-state index contributed by atoms with van der Waals surface area (Å²) < 4.78 is 15.5. The monoisotopic (exact) mass is 342 g/mol. The van der Waals surface area contributed by atoms with Crippen molar-refractivity contribution in [2.45, 2.75) is 13.0 Å². The van der Waals surface area contributed by atoms with E-state index < -0.39 is 0 Å². The molecule has 0 bridgehead atoms. The third-order valence-corrected chi connectivity index (χ3v) is 4.40. The van der Waals surface area contributed by atoms with Crippen LogP contribution in [0.2, 0.25) is 0 Å². The minimum atomic E-state index is -0.168. The number of aryl methyl sites for hydroxylation is 1. The molecule has 1 fully saturated rings. The van der Waals surface area contributed by atoms with Crippen LogP contribution in [0.15, 0.2) is 42.7 Å². The van der Waals surface area contributed by atoms with Crippen molar-refractivity contribution in [3.8, 4) is 0 Å². The Bertz CT molecular complexity index is 755. The molecule has 1 aliphatic heterocycles. The molecule has 132 valence electrons. The number of carbonyl (C=O) groups is 1. The fraction of sp³-hybridized carbons (Fsp3) is 0.368. The van der Waals surface area contributed by atoms with Gasteiger partial charge >= 0.3 is 0 Å². The molecule has 1 aromatic carbocycles. The second kappa shape index (κ2) is 8.07. The van der Waals surface area contributed by atoms with Gasteiger partial charge in [-0.1, -0.05) is 18.2 Å². The maximum Gasteiger partial charge on any atom is 0.246 e. The lowest BCUT2D eigenvalue weighted by Gasteiger charge is -2.21. The average Bonchev–Trinajstić information content (AvgIpc) is 2.88. The Kier molecular flexibility index (Phi) is 5.60. The van der Waals surface area contributed by atoms with E-state index in [4.69, 9.17) is 0 Å². The van der Waals surface area contributed by atoms with Crippen molar-refractivity contribution in [3.63, 3.8) is 0 Å². The zero-order valence-corrected chi connectivity index (χ0v) is 14.4. The van der Waals surface area contributed by atoms with E-state index in [1.165, 1.54) is 6.07 Å². The summed E-state index contributed by atoms with van der Waals surface area (Å²) in [6.07, 6.45) is 7.87. The van der Waals surface area contributed by atoms with E-state index in [0.29, 0.717) is 18.7 Å². The molecule has 1 aliphatic rings. The van der Waals surface area contributed by atoms with E-state index in [-0.39, 0.29) is 11.7 Å². The highest BCUT2D eigenvalue weighted by atomic mass is 19.1. The summed E-state index contributed by atoms with van der Waals surface area (Å²) in [6, 6.07) is 6.87. The van der Waals surface area contributed by atoms with Crippen LogP contribution >= 0.6 is 0 Å². The molecule has 0 saturated carbocycles. The summed E-state index contributed by atoms with van der Waals surface area (Å²) in [5, 5.41) is 4.08. The first-order valence-corrected chi connectivity index (χ1v) is 8.53. The third kappa shape index (κ3) is 4.76. The Morgan fingerprint density at radius 1 is 1.24 bits per heavy atom. The topological polar surface area (TPSA) is 41.4 Å². The number of benzene rings is 1. The van der Waals surface area contributed by atoms with Crippen molar-refractivity contribution in [1.82, 2.24) is 19.6 Å². The van der Waals surface area contributed by atoms with Crippen LogP contribution in [0.25, 0.3) is 6.08 Å². The fourth-order valence-corrected chi connectivity index (χ4v) is 3.02. The first-order valence-electron chi connectivity index (χ1n) is 8.53. The molecule has 1 saturated heterocycles. The van der Waals surface area contributed by atoms with Crippen molar-refractivity contribution in [2.75, 3.05) is 26.2 Å². The highest BCUT2D eigenvalue weighted by Gasteiger charge is 2.18. The van der Waals surface area contributed by atoms with Gasteiger partial charge in [-0.05, 0) is 18.6 Å². The maximum atomic E-state index is 13.8. The molecule has 0 unspecified atom stereocenters. The molecule has 1 amide bonds. The van der Waals surface area contributed by atoms with E-state index in [1.807, 2.05) is 30.3 Å². The van der Waals surface area contributed by atoms with Crippen molar-refractivity contribution in [2.24, 2.45) is 7.05 Å². The average molecular weight is 342 g/mol. The van der Waals surface area contributed by atoms with Crippen LogP contribution < -0.4 is 0 Å². The number of halogens is 1. The molecule has 3 rings (SSSR count). The second-order valence-corrected chi connectivity index (χ2v) is 6.33. The van der Waals surface area contributed by atoms with E-state index in [1.54, 1.807) is 29.1 Å². The number of aromatic nitrogens is 2. The minimum absolute atomic E-state index is 0.0107. The number of carbonyl (C=O) groups excluding carboxylic acids is 1. The predicted octanol–water partition coefficient (Wildman–Crippen LogP) is 2.31. The molecule has 25 heavy (non-hydrogen) atoms. The van der Waals surface area contributed by atoms with Gasteiger partial charge in [-0.25, -0.2) is 4.39 Å². The summed E-state index contributed by atoms with van der Waals surface area (Å²) in [7, 11) is 1.85. The quantitative estimate of drug-likeness (QED) is 0.801. The molecular weight excluding hydrogens is 319 g/mol. The summed E-state index contributed by atoms with van der Waals surface area (Å²) in [5.41, 5.74) is 1.62. The Morgan fingerprint density at radius 3 is 2.84 bits per heavy atom. The lowest BCUT2D eigenvalue weighted by Crippen LogP contribution is -2.34. The zero-order valence-electron chi connectivity index (χ0n) is 14.4. The molecular formula is C19H23FN4O. The largest absolute Gasteiger partial charge is 0.338 e. The van der Waals surface area contributed by atoms with Gasteiger partial charge in [0.1, 0.15) is 5.82 Å². The van der Waals surface area contributed by atoms with Crippen molar-refractivity contribution < 1.29 is 9.18 Å². The van der Waals surface area contributed by atoms with Gasteiger partial charge in [0, 0.05) is 63.2 Å². The van der Waals surface area contributed by atoms with E-state index >= 15 is 0 Å². The summed E-state index contributed by atoms with van der Waals surface area (Å²) in [4.78, 5) is 16.4. The lowest BCUT2D eigenvalue weighted by atomic mass is 10.2. The van der Waals surface area contributed by atoms with E-state index in [9.17, 15) is 9.18 Å².